The highest BCUT2D eigenvalue weighted by atomic mass is 16.5. The van der Waals surface area contributed by atoms with Crippen molar-refractivity contribution in [2.24, 2.45) is 0 Å². The lowest BCUT2D eigenvalue weighted by Crippen LogP contribution is -2.29. The van der Waals surface area contributed by atoms with Crippen LogP contribution in [0.2, 0.25) is 0 Å². The number of hydrogen-bond donors (Lipinski definition) is 0. The van der Waals surface area contributed by atoms with E-state index in [2.05, 4.69) is 6.58 Å². The lowest BCUT2D eigenvalue weighted by Gasteiger charge is -2.27. The summed E-state index contributed by atoms with van der Waals surface area (Å²) in [5.41, 5.74) is 3.25. The van der Waals surface area contributed by atoms with Gasteiger partial charge in [0.25, 0.3) is 0 Å². The molecule has 2 aromatic carbocycles. The normalized spacial score (nSPS) is 19.0. The average molecular weight is 338 g/mol. The van der Waals surface area contributed by atoms with Crippen molar-refractivity contribution in [2.45, 2.75) is 18.9 Å². The molecule has 4 heteroatoms. The third-order valence-corrected chi connectivity index (χ3v) is 5.01. The van der Waals surface area contributed by atoms with Crippen LogP contribution in [0.25, 0.3) is 5.57 Å². The Bertz CT molecular complexity index is 853. The topological polar surface area (TPSA) is 44.8 Å². The highest BCUT2D eigenvalue weighted by Crippen LogP contribution is 2.49. The molecule has 0 saturated heterocycles. The van der Waals surface area contributed by atoms with Crippen molar-refractivity contribution in [1.29, 1.82) is 0 Å². The Hall–Kier alpha value is -2.59. The number of hydrogen-bond acceptors (Lipinski definition) is 4. The highest BCUT2D eigenvalue weighted by molar-refractivity contribution is 6.20. The van der Waals surface area contributed by atoms with Crippen molar-refractivity contribution in [2.75, 3.05) is 21.3 Å². The Morgan fingerprint density at radius 2 is 1.60 bits per heavy atom. The van der Waals surface area contributed by atoms with Gasteiger partial charge in [0.05, 0.1) is 26.2 Å². The van der Waals surface area contributed by atoms with Crippen LogP contribution in [-0.2, 0) is 16.8 Å². The van der Waals surface area contributed by atoms with E-state index in [1.807, 2.05) is 37.3 Å². The molecule has 0 saturated carbocycles. The molecule has 0 spiro atoms. The third-order valence-electron chi connectivity index (χ3n) is 5.01. The van der Waals surface area contributed by atoms with Crippen molar-refractivity contribution < 1.29 is 19.0 Å². The Morgan fingerprint density at radius 1 is 0.960 bits per heavy atom. The summed E-state index contributed by atoms with van der Waals surface area (Å²) in [6.07, 6.45) is 0. The maximum Gasteiger partial charge on any atom is 0.178 e. The molecule has 2 aromatic rings. The predicted octanol–water partition coefficient (Wildman–Crippen LogP) is 4.02. The van der Waals surface area contributed by atoms with Crippen molar-refractivity contribution in [3.63, 3.8) is 0 Å². The lowest BCUT2D eigenvalue weighted by molar-refractivity contribution is 0.0940. The molecular weight excluding hydrogens is 316 g/mol. The van der Waals surface area contributed by atoms with Gasteiger partial charge >= 0.3 is 0 Å². The second-order valence-corrected chi connectivity index (χ2v) is 6.30. The van der Waals surface area contributed by atoms with Crippen LogP contribution in [-0.4, -0.2) is 27.1 Å². The molecule has 0 bridgehead atoms. The maximum atomic E-state index is 13.3. The van der Waals surface area contributed by atoms with Gasteiger partial charge in [0.1, 0.15) is 11.5 Å². The number of ketones is 1. The molecule has 0 heterocycles. The van der Waals surface area contributed by atoms with Crippen LogP contribution in [0.5, 0.6) is 11.5 Å². The Morgan fingerprint density at radius 3 is 2.24 bits per heavy atom. The minimum Gasteiger partial charge on any atom is -0.497 e. The first-order valence-electron chi connectivity index (χ1n) is 8.06. The summed E-state index contributed by atoms with van der Waals surface area (Å²) in [5, 5.41) is 0. The molecule has 0 fully saturated rings. The van der Waals surface area contributed by atoms with Crippen LogP contribution in [0.3, 0.4) is 0 Å². The standard InChI is InChI=1S/C21H22O4/c1-13-18-11-16(25-5)6-8-17(18)20(22)21(13,2)19-9-7-15(24-4)10-14(19)12-23-3/h6-11H,1,12H2,2-5H3. The van der Waals surface area contributed by atoms with Crippen LogP contribution < -0.4 is 9.47 Å². The van der Waals surface area contributed by atoms with E-state index in [4.69, 9.17) is 14.2 Å². The number of methoxy groups -OCH3 is 3. The number of benzene rings is 2. The Kier molecular flexibility index (Phi) is 4.39. The molecule has 0 amide bonds. The van der Waals surface area contributed by atoms with Gasteiger partial charge in [0.2, 0.25) is 0 Å². The number of Topliss-reactive ketones (excluding diaryl/α,β-unsaturated/α-hetero) is 1. The summed E-state index contributed by atoms with van der Waals surface area (Å²) in [6, 6.07) is 11.2. The van der Waals surface area contributed by atoms with E-state index in [-0.39, 0.29) is 5.78 Å². The monoisotopic (exact) mass is 338 g/mol. The van der Waals surface area contributed by atoms with E-state index in [0.29, 0.717) is 17.9 Å². The van der Waals surface area contributed by atoms with E-state index in [9.17, 15) is 4.79 Å². The van der Waals surface area contributed by atoms with Crippen LogP contribution >= 0.6 is 0 Å². The first kappa shape index (κ1) is 17.2. The first-order chi connectivity index (χ1) is 12.0. The summed E-state index contributed by atoms with van der Waals surface area (Å²) in [7, 11) is 4.87. The summed E-state index contributed by atoms with van der Waals surface area (Å²) < 4.78 is 16.0. The summed E-state index contributed by atoms with van der Waals surface area (Å²) in [6.45, 7) is 6.56. The molecule has 0 aliphatic heterocycles. The second-order valence-electron chi connectivity index (χ2n) is 6.30. The molecule has 1 unspecified atom stereocenters. The van der Waals surface area contributed by atoms with E-state index in [1.165, 1.54) is 0 Å². The maximum absolute atomic E-state index is 13.3. The van der Waals surface area contributed by atoms with Crippen molar-refractivity contribution >= 4 is 11.4 Å². The van der Waals surface area contributed by atoms with Crippen molar-refractivity contribution in [3.05, 3.63) is 65.2 Å². The van der Waals surface area contributed by atoms with Crippen molar-refractivity contribution in [1.82, 2.24) is 0 Å². The first-order valence-corrected chi connectivity index (χ1v) is 8.06. The number of allylic oxidation sites excluding steroid dienone is 1. The van der Waals surface area contributed by atoms with Gasteiger partial charge in [-0.1, -0.05) is 12.6 Å². The smallest absolute Gasteiger partial charge is 0.178 e. The van der Waals surface area contributed by atoms with Crippen LogP contribution in [0.15, 0.2) is 43.0 Å². The minimum atomic E-state index is -0.838. The van der Waals surface area contributed by atoms with Gasteiger partial charge in [-0.2, -0.15) is 0 Å². The van der Waals surface area contributed by atoms with Crippen LogP contribution in [0.1, 0.15) is 34.0 Å². The average Bonchev–Trinajstić information content (AvgIpc) is 2.83. The van der Waals surface area contributed by atoms with E-state index >= 15 is 0 Å². The molecule has 1 atom stereocenters. The fourth-order valence-electron chi connectivity index (χ4n) is 3.52. The van der Waals surface area contributed by atoms with Gasteiger partial charge in [-0.05, 0) is 59.5 Å². The quantitative estimate of drug-likeness (QED) is 0.826. The molecule has 0 radical (unpaired) electrons. The van der Waals surface area contributed by atoms with Crippen molar-refractivity contribution in [3.8, 4) is 11.5 Å². The SMILES string of the molecule is C=C1c2cc(OC)ccc2C(=O)C1(C)c1ccc(OC)cc1COC. The Balaban J connectivity index is 2.17. The third kappa shape index (κ3) is 2.53. The molecule has 3 rings (SSSR count). The summed E-state index contributed by atoms with van der Waals surface area (Å²) in [5.74, 6) is 1.48. The summed E-state index contributed by atoms with van der Waals surface area (Å²) in [4.78, 5) is 13.3. The Labute approximate surface area is 148 Å². The van der Waals surface area contributed by atoms with Crippen LogP contribution in [0.4, 0.5) is 0 Å². The second kappa shape index (κ2) is 6.37. The van der Waals surface area contributed by atoms with E-state index in [1.54, 1.807) is 27.4 Å². The molecule has 130 valence electrons. The number of fused-ring (bicyclic) bond motifs is 1. The predicted molar refractivity (Wildman–Crippen MR) is 97.4 cm³/mol. The zero-order chi connectivity index (χ0) is 18.2. The lowest BCUT2D eigenvalue weighted by atomic mass is 9.74. The molecule has 1 aliphatic carbocycles. The largest absolute Gasteiger partial charge is 0.497 e. The molecule has 0 N–H and O–H groups in total. The minimum absolute atomic E-state index is 0.0395. The van der Waals surface area contributed by atoms with Gasteiger partial charge in [-0.25, -0.2) is 0 Å². The zero-order valence-electron chi connectivity index (χ0n) is 15.0. The molecule has 25 heavy (non-hydrogen) atoms. The van der Waals surface area contributed by atoms with Gasteiger partial charge < -0.3 is 14.2 Å². The molecular formula is C21H22O4. The van der Waals surface area contributed by atoms with Crippen LogP contribution in [0, 0.1) is 0 Å². The zero-order valence-corrected chi connectivity index (χ0v) is 15.0. The van der Waals surface area contributed by atoms with E-state index in [0.717, 1.165) is 28.0 Å². The number of carbonyl (C=O) groups is 1. The number of rotatable bonds is 5. The fourth-order valence-corrected chi connectivity index (χ4v) is 3.52. The fraction of sp³-hybridized carbons (Fsp3) is 0.286. The van der Waals surface area contributed by atoms with Gasteiger partial charge in [-0.3, -0.25) is 4.79 Å². The van der Waals surface area contributed by atoms with Gasteiger partial charge in [-0.15, -0.1) is 0 Å². The molecule has 4 nitrogen and oxygen atoms in total. The molecule has 0 aromatic heterocycles. The van der Waals surface area contributed by atoms with E-state index < -0.39 is 5.41 Å². The summed E-state index contributed by atoms with van der Waals surface area (Å²) >= 11 is 0. The number of carbonyl (C=O) groups excluding carboxylic acids is 1. The van der Waals surface area contributed by atoms with Gasteiger partial charge in [0, 0.05) is 12.7 Å². The highest BCUT2D eigenvalue weighted by Gasteiger charge is 2.47. The molecule has 1 aliphatic rings. The number of ether oxygens (including phenoxy) is 3. The van der Waals surface area contributed by atoms with Gasteiger partial charge in [0.15, 0.2) is 5.78 Å².